The van der Waals surface area contributed by atoms with E-state index in [-0.39, 0.29) is 34.7 Å². The van der Waals surface area contributed by atoms with Crippen LogP contribution in [0.2, 0.25) is 0 Å². The van der Waals surface area contributed by atoms with Gasteiger partial charge in [0, 0.05) is 24.5 Å². The van der Waals surface area contributed by atoms with E-state index >= 15 is 0 Å². The highest BCUT2D eigenvalue weighted by atomic mass is 32.2. The van der Waals surface area contributed by atoms with Crippen LogP contribution in [0, 0.1) is 25.2 Å². The van der Waals surface area contributed by atoms with Crippen LogP contribution in [-0.4, -0.2) is 40.3 Å². The first-order valence-electron chi connectivity index (χ1n) is 9.68. The normalized spacial score (nSPS) is 19.9. The average Bonchev–Trinajstić information content (AvgIpc) is 2.99. The minimum absolute atomic E-state index is 0.0876. The van der Waals surface area contributed by atoms with Crippen LogP contribution in [0.4, 0.5) is 0 Å². The molecule has 9 nitrogen and oxygen atoms in total. The summed E-state index contributed by atoms with van der Waals surface area (Å²) < 4.78 is 36.4. The zero-order valence-corrected chi connectivity index (χ0v) is 17.9. The Balaban J connectivity index is 1.64. The third-order valence-corrected chi connectivity index (χ3v) is 6.83. The molecule has 10 heteroatoms. The number of aryl methyl sites for hydroxylation is 1. The van der Waals surface area contributed by atoms with Gasteiger partial charge in [-0.1, -0.05) is 0 Å². The molecule has 1 saturated carbocycles. The van der Waals surface area contributed by atoms with Crippen LogP contribution in [0.5, 0.6) is 5.88 Å². The quantitative estimate of drug-likeness (QED) is 0.764. The Morgan fingerprint density at radius 1 is 1.21 bits per heavy atom. The lowest BCUT2D eigenvalue weighted by atomic mass is 9.94. The standard InChI is InChI=1S/C19H26N6O3S/c1-12(2)25-14(4)18(13(3)23-25)29(26,27)24-15-5-7-16(8-6-15)28-19-17(11-20)21-9-10-22-19/h9-10,12,15-16,24H,5-8H2,1-4H3. The smallest absolute Gasteiger partial charge is 0.251 e. The Bertz CT molecular complexity index is 1020. The predicted molar refractivity (Wildman–Crippen MR) is 106 cm³/mol. The number of nitrogens with zero attached hydrogens (tertiary/aromatic N) is 5. The molecule has 1 N–H and O–H groups in total. The van der Waals surface area contributed by atoms with Crippen LogP contribution in [0.1, 0.15) is 62.7 Å². The van der Waals surface area contributed by atoms with Gasteiger partial charge in [0.1, 0.15) is 17.1 Å². The Hall–Kier alpha value is -2.51. The molecular formula is C19H26N6O3S. The zero-order valence-electron chi connectivity index (χ0n) is 17.1. The molecule has 0 aromatic carbocycles. The molecule has 0 aliphatic heterocycles. The monoisotopic (exact) mass is 418 g/mol. The minimum atomic E-state index is -3.66. The number of nitriles is 1. The van der Waals surface area contributed by atoms with Gasteiger partial charge in [0.2, 0.25) is 15.7 Å². The summed E-state index contributed by atoms with van der Waals surface area (Å²) in [5.74, 6) is 0.228. The van der Waals surface area contributed by atoms with E-state index in [9.17, 15) is 8.42 Å². The van der Waals surface area contributed by atoms with Crippen LogP contribution in [0.15, 0.2) is 17.3 Å². The van der Waals surface area contributed by atoms with Gasteiger partial charge >= 0.3 is 0 Å². The van der Waals surface area contributed by atoms with Crippen molar-refractivity contribution in [3.8, 4) is 11.9 Å². The third kappa shape index (κ3) is 4.57. The molecule has 0 bridgehead atoms. The summed E-state index contributed by atoms with van der Waals surface area (Å²) in [5, 5.41) is 13.5. The first-order valence-corrected chi connectivity index (χ1v) is 11.2. The molecule has 0 amide bonds. The first kappa shape index (κ1) is 21.2. The van der Waals surface area contributed by atoms with Crippen molar-refractivity contribution in [2.45, 2.75) is 76.5 Å². The molecule has 2 aromatic heterocycles. The molecule has 0 unspecified atom stereocenters. The van der Waals surface area contributed by atoms with E-state index in [0.29, 0.717) is 37.1 Å². The second kappa shape index (κ2) is 8.47. The van der Waals surface area contributed by atoms with Gasteiger partial charge in [0.15, 0.2) is 0 Å². The van der Waals surface area contributed by atoms with Gasteiger partial charge in [-0.3, -0.25) is 4.68 Å². The fraction of sp³-hybridized carbons (Fsp3) is 0.579. The Morgan fingerprint density at radius 2 is 1.86 bits per heavy atom. The summed E-state index contributed by atoms with van der Waals surface area (Å²) in [6, 6.07) is 1.88. The Labute approximate surface area is 171 Å². The van der Waals surface area contributed by atoms with E-state index in [1.165, 1.54) is 12.4 Å². The van der Waals surface area contributed by atoms with E-state index in [1.54, 1.807) is 18.5 Å². The van der Waals surface area contributed by atoms with Gasteiger partial charge in [0.25, 0.3) is 5.88 Å². The molecular weight excluding hydrogens is 392 g/mol. The fourth-order valence-corrected chi connectivity index (χ4v) is 5.47. The molecule has 29 heavy (non-hydrogen) atoms. The maximum Gasteiger partial charge on any atom is 0.251 e. The highest BCUT2D eigenvalue weighted by Gasteiger charge is 2.31. The molecule has 156 valence electrons. The molecule has 3 rings (SSSR count). The van der Waals surface area contributed by atoms with Crippen molar-refractivity contribution in [2.24, 2.45) is 0 Å². The van der Waals surface area contributed by atoms with Crippen LogP contribution >= 0.6 is 0 Å². The molecule has 0 atom stereocenters. The second-order valence-electron chi connectivity index (χ2n) is 7.57. The average molecular weight is 419 g/mol. The van der Waals surface area contributed by atoms with Gasteiger partial charge in [-0.2, -0.15) is 10.4 Å². The van der Waals surface area contributed by atoms with Gasteiger partial charge in [-0.25, -0.2) is 23.1 Å². The maximum absolute atomic E-state index is 13.0. The van der Waals surface area contributed by atoms with E-state index in [2.05, 4.69) is 19.8 Å². The molecule has 1 fully saturated rings. The molecule has 0 saturated heterocycles. The number of ether oxygens (including phenoxy) is 1. The van der Waals surface area contributed by atoms with Crippen molar-refractivity contribution in [3.63, 3.8) is 0 Å². The van der Waals surface area contributed by atoms with E-state index in [4.69, 9.17) is 10.00 Å². The van der Waals surface area contributed by atoms with Gasteiger partial charge in [-0.05, 0) is 53.4 Å². The van der Waals surface area contributed by atoms with E-state index in [0.717, 1.165) is 0 Å². The summed E-state index contributed by atoms with van der Waals surface area (Å²) in [7, 11) is -3.66. The van der Waals surface area contributed by atoms with Gasteiger partial charge in [-0.15, -0.1) is 0 Å². The van der Waals surface area contributed by atoms with Crippen LogP contribution < -0.4 is 9.46 Å². The van der Waals surface area contributed by atoms with Crippen molar-refractivity contribution < 1.29 is 13.2 Å². The number of rotatable bonds is 6. The van der Waals surface area contributed by atoms with Crippen molar-refractivity contribution >= 4 is 10.0 Å². The van der Waals surface area contributed by atoms with Crippen LogP contribution in [0.25, 0.3) is 0 Å². The summed E-state index contributed by atoms with van der Waals surface area (Å²) >= 11 is 0. The van der Waals surface area contributed by atoms with Crippen molar-refractivity contribution in [1.82, 2.24) is 24.5 Å². The van der Waals surface area contributed by atoms with Gasteiger partial charge < -0.3 is 4.74 Å². The number of nitrogens with one attached hydrogen (secondary N) is 1. The molecule has 2 heterocycles. The first-order chi connectivity index (χ1) is 13.7. The van der Waals surface area contributed by atoms with Crippen LogP contribution in [-0.2, 0) is 10.0 Å². The molecule has 1 aliphatic rings. The minimum Gasteiger partial charge on any atom is -0.472 e. The van der Waals surface area contributed by atoms with Crippen molar-refractivity contribution in [3.05, 3.63) is 29.5 Å². The van der Waals surface area contributed by atoms with Gasteiger partial charge in [0.05, 0.1) is 11.4 Å². The SMILES string of the molecule is Cc1nn(C(C)C)c(C)c1S(=O)(=O)NC1CCC(Oc2nccnc2C#N)CC1. The lowest BCUT2D eigenvalue weighted by molar-refractivity contribution is 0.137. The van der Waals surface area contributed by atoms with Crippen molar-refractivity contribution in [1.29, 1.82) is 5.26 Å². The van der Waals surface area contributed by atoms with Crippen molar-refractivity contribution in [2.75, 3.05) is 0 Å². The summed E-state index contributed by atoms with van der Waals surface area (Å²) in [4.78, 5) is 8.28. The Morgan fingerprint density at radius 3 is 2.45 bits per heavy atom. The van der Waals surface area contributed by atoms with E-state index in [1.807, 2.05) is 19.9 Å². The van der Waals surface area contributed by atoms with E-state index < -0.39 is 10.0 Å². The lowest BCUT2D eigenvalue weighted by Crippen LogP contribution is -2.40. The third-order valence-electron chi connectivity index (χ3n) is 5.06. The predicted octanol–water partition coefficient (Wildman–Crippen LogP) is 2.41. The van der Waals surface area contributed by atoms with Crippen LogP contribution in [0.3, 0.4) is 0 Å². The highest BCUT2D eigenvalue weighted by Crippen LogP contribution is 2.27. The topological polar surface area (TPSA) is 123 Å². The highest BCUT2D eigenvalue weighted by molar-refractivity contribution is 7.89. The lowest BCUT2D eigenvalue weighted by Gasteiger charge is -2.29. The second-order valence-corrected chi connectivity index (χ2v) is 9.22. The summed E-state index contributed by atoms with van der Waals surface area (Å²) in [5.41, 5.74) is 1.31. The summed E-state index contributed by atoms with van der Waals surface area (Å²) in [6.45, 7) is 7.45. The zero-order chi connectivity index (χ0) is 21.2. The molecule has 0 spiro atoms. The molecule has 1 aliphatic carbocycles. The molecule has 2 aromatic rings. The number of hydrogen-bond acceptors (Lipinski definition) is 7. The summed E-state index contributed by atoms with van der Waals surface area (Å²) in [6.07, 6.45) is 5.42. The largest absolute Gasteiger partial charge is 0.472 e. The maximum atomic E-state index is 13.0. The number of aromatic nitrogens is 4. The molecule has 0 radical (unpaired) electrons. The number of hydrogen-bond donors (Lipinski definition) is 1. The number of sulfonamides is 1. The fourth-order valence-electron chi connectivity index (χ4n) is 3.76. The Kier molecular flexibility index (Phi) is 6.19.